The van der Waals surface area contributed by atoms with Gasteiger partial charge in [0.1, 0.15) is 18.7 Å². The summed E-state index contributed by atoms with van der Waals surface area (Å²) in [6.45, 7) is 8.36. The topological polar surface area (TPSA) is 81.5 Å². The minimum Gasteiger partial charge on any atom is -0.361 e. The first-order valence-corrected chi connectivity index (χ1v) is 15.4. The summed E-state index contributed by atoms with van der Waals surface area (Å²) in [7, 11) is -1.10. The van der Waals surface area contributed by atoms with Crippen LogP contribution in [-0.4, -0.2) is 39.0 Å². The lowest BCUT2D eigenvalue weighted by molar-refractivity contribution is 0.0899. The summed E-state index contributed by atoms with van der Waals surface area (Å²) in [5, 5.41) is 15.3. The number of aromatic nitrogens is 5. The third kappa shape index (κ3) is 3.57. The molecule has 0 amide bonds. The van der Waals surface area contributed by atoms with Crippen LogP contribution in [-0.2, 0) is 17.0 Å². The molecule has 0 aliphatic heterocycles. The van der Waals surface area contributed by atoms with Gasteiger partial charge in [-0.2, -0.15) is 10.4 Å². The number of rotatable bonds is 8. The molecule has 168 valence electrons. The van der Waals surface area contributed by atoms with Crippen LogP contribution in [0.15, 0.2) is 31.0 Å². The van der Waals surface area contributed by atoms with E-state index < -0.39 is 8.07 Å². The molecule has 8 heteroatoms. The Balaban J connectivity index is 1.39. The Morgan fingerprint density at radius 2 is 2.03 bits per heavy atom. The Labute approximate surface area is 190 Å². The summed E-state index contributed by atoms with van der Waals surface area (Å²) in [6, 6.07) is 5.64. The van der Waals surface area contributed by atoms with Crippen LogP contribution in [0.2, 0.25) is 25.7 Å². The fourth-order valence-corrected chi connectivity index (χ4v) is 6.31. The van der Waals surface area contributed by atoms with Crippen molar-refractivity contribution in [2.24, 2.45) is 5.41 Å². The summed E-state index contributed by atoms with van der Waals surface area (Å²) < 4.78 is 10.0. The number of nitrogens with zero attached hydrogens (tertiary/aromatic N) is 6. The molecule has 0 N–H and O–H groups in total. The number of hydrogen-bond acceptors (Lipinski definition) is 5. The van der Waals surface area contributed by atoms with Crippen molar-refractivity contribution in [1.82, 2.24) is 24.3 Å². The van der Waals surface area contributed by atoms with Gasteiger partial charge >= 0.3 is 0 Å². The zero-order valence-corrected chi connectivity index (χ0v) is 20.3. The van der Waals surface area contributed by atoms with Crippen molar-refractivity contribution in [3.8, 4) is 17.3 Å². The molecule has 7 nitrogen and oxygen atoms in total. The summed E-state index contributed by atoms with van der Waals surface area (Å²) in [5.74, 6) is 0. The zero-order valence-electron chi connectivity index (χ0n) is 19.3. The Morgan fingerprint density at radius 3 is 2.78 bits per heavy atom. The maximum absolute atomic E-state index is 9.52. The number of hydrogen-bond donors (Lipinski definition) is 0. The van der Waals surface area contributed by atoms with Gasteiger partial charge < -0.3 is 9.30 Å². The van der Waals surface area contributed by atoms with E-state index in [1.165, 1.54) is 25.7 Å². The minimum atomic E-state index is -1.10. The van der Waals surface area contributed by atoms with Gasteiger partial charge in [0.2, 0.25) is 0 Å². The molecule has 5 rings (SSSR count). The van der Waals surface area contributed by atoms with Crippen LogP contribution in [0.25, 0.3) is 22.3 Å². The third-order valence-corrected chi connectivity index (χ3v) is 9.21. The van der Waals surface area contributed by atoms with Gasteiger partial charge in [-0.15, -0.1) is 0 Å². The lowest BCUT2D eigenvalue weighted by atomic mass is 9.96. The first-order chi connectivity index (χ1) is 15.4. The van der Waals surface area contributed by atoms with E-state index in [0.717, 1.165) is 41.4 Å². The van der Waals surface area contributed by atoms with Gasteiger partial charge in [0.15, 0.2) is 0 Å². The van der Waals surface area contributed by atoms with Crippen molar-refractivity contribution < 1.29 is 4.74 Å². The summed E-state index contributed by atoms with van der Waals surface area (Å²) in [6.07, 6.45) is 14.2. The van der Waals surface area contributed by atoms with Crippen LogP contribution < -0.4 is 0 Å². The number of nitriles is 1. The number of fused-ring (bicyclic) bond motifs is 1. The molecule has 2 aliphatic rings. The van der Waals surface area contributed by atoms with Gasteiger partial charge in [0.05, 0.1) is 29.9 Å². The average molecular weight is 449 g/mol. The van der Waals surface area contributed by atoms with E-state index in [2.05, 4.69) is 52.6 Å². The minimum absolute atomic E-state index is 0.140. The predicted molar refractivity (Wildman–Crippen MR) is 127 cm³/mol. The molecule has 0 radical (unpaired) electrons. The van der Waals surface area contributed by atoms with Crippen LogP contribution in [0, 0.1) is 16.7 Å². The predicted octanol–water partition coefficient (Wildman–Crippen LogP) is 5.18. The summed E-state index contributed by atoms with van der Waals surface area (Å²) in [4.78, 5) is 9.11. The van der Waals surface area contributed by atoms with Crippen molar-refractivity contribution in [3.63, 3.8) is 0 Å². The Bertz CT molecular complexity index is 1160. The van der Waals surface area contributed by atoms with E-state index in [4.69, 9.17) is 9.84 Å². The van der Waals surface area contributed by atoms with Crippen molar-refractivity contribution in [2.45, 2.75) is 76.5 Å². The van der Waals surface area contributed by atoms with Crippen LogP contribution in [0.3, 0.4) is 0 Å². The third-order valence-electron chi connectivity index (χ3n) is 7.50. The van der Waals surface area contributed by atoms with Crippen molar-refractivity contribution in [1.29, 1.82) is 5.26 Å². The fourth-order valence-electron chi connectivity index (χ4n) is 5.55. The quantitative estimate of drug-likeness (QED) is 0.350. The van der Waals surface area contributed by atoms with Crippen LogP contribution in [0.1, 0.15) is 38.5 Å². The second-order valence-corrected chi connectivity index (χ2v) is 16.4. The van der Waals surface area contributed by atoms with E-state index in [1.807, 2.05) is 17.0 Å². The largest absolute Gasteiger partial charge is 0.361 e. The first kappa shape index (κ1) is 21.3. The molecule has 32 heavy (non-hydrogen) atoms. The van der Waals surface area contributed by atoms with E-state index in [9.17, 15) is 5.26 Å². The Morgan fingerprint density at radius 1 is 1.22 bits per heavy atom. The highest BCUT2D eigenvalue weighted by molar-refractivity contribution is 6.76. The van der Waals surface area contributed by atoms with Crippen LogP contribution in [0.4, 0.5) is 0 Å². The molecule has 2 fully saturated rings. The maximum atomic E-state index is 9.52. The molecular weight excluding hydrogens is 416 g/mol. The normalized spacial score (nSPS) is 21.9. The van der Waals surface area contributed by atoms with Crippen molar-refractivity contribution in [2.75, 3.05) is 6.61 Å². The Hall–Kier alpha value is -2.50. The highest BCUT2D eigenvalue weighted by Crippen LogP contribution is 2.71. The first-order valence-electron chi connectivity index (χ1n) is 11.7. The molecule has 1 unspecified atom stereocenters. The van der Waals surface area contributed by atoms with Gasteiger partial charge in [-0.05, 0) is 36.8 Å². The summed E-state index contributed by atoms with van der Waals surface area (Å²) >= 11 is 0. The second-order valence-electron chi connectivity index (χ2n) is 10.8. The van der Waals surface area contributed by atoms with Crippen molar-refractivity contribution >= 4 is 19.1 Å². The smallest absolute Gasteiger partial charge is 0.145 e. The highest BCUT2D eigenvalue weighted by Gasteiger charge is 2.69. The van der Waals surface area contributed by atoms with E-state index in [-0.39, 0.29) is 11.0 Å². The molecule has 1 atom stereocenters. The molecule has 0 saturated heterocycles. The molecular formula is C24H32N6OSi. The lowest BCUT2D eigenvalue weighted by Gasteiger charge is -2.20. The van der Waals surface area contributed by atoms with Gasteiger partial charge in [0, 0.05) is 38.0 Å². The standard InChI is InChI=1S/C24H32N6OSi/c1-32(2,3)13-12-31-18-29-11-6-20-21(26-17-27-22(20)29)19-14-28-30(15-19)24(9-10-25)16-23(24)7-4-5-8-23/h6,11,14-15,17H,4-5,7-9,12-13,16,18H2,1-3H3. The monoisotopic (exact) mass is 448 g/mol. The maximum Gasteiger partial charge on any atom is 0.145 e. The molecule has 0 bridgehead atoms. The second kappa shape index (κ2) is 7.82. The Kier molecular flexibility index (Phi) is 5.22. The molecule has 3 heterocycles. The SMILES string of the molecule is C[Si](C)(C)CCOCn1ccc2c(-c3cnn(C4(CC#N)CC45CCCC5)c3)ncnc21. The molecule has 0 aromatic carbocycles. The van der Waals surface area contributed by atoms with Gasteiger partial charge in [-0.3, -0.25) is 4.68 Å². The molecule has 2 saturated carbocycles. The molecule has 1 spiro atoms. The van der Waals surface area contributed by atoms with Gasteiger partial charge in [-0.1, -0.05) is 32.5 Å². The van der Waals surface area contributed by atoms with Crippen LogP contribution >= 0.6 is 0 Å². The van der Waals surface area contributed by atoms with E-state index in [0.29, 0.717) is 13.2 Å². The number of ether oxygens (including phenoxy) is 1. The summed E-state index contributed by atoms with van der Waals surface area (Å²) in [5.41, 5.74) is 2.87. The zero-order chi connectivity index (χ0) is 22.4. The molecule has 2 aliphatic carbocycles. The average Bonchev–Trinajstić information content (AvgIpc) is 3.26. The fraction of sp³-hybridized carbons (Fsp3) is 0.583. The van der Waals surface area contributed by atoms with Crippen molar-refractivity contribution in [3.05, 3.63) is 31.0 Å². The van der Waals surface area contributed by atoms with E-state index >= 15 is 0 Å². The van der Waals surface area contributed by atoms with E-state index in [1.54, 1.807) is 6.33 Å². The van der Waals surface area contributed by atoms with Gasteiger partial charge in [0.25, 0.3) is 0 Å². The highest BCUT2D eigenvalue weighted by atomic mass is 28.3. The lowest BCUT2D eigenvalue weighted by Crippen LogP contribution is -2.24. The molecule has 3 aromatic rings. The molecule has 3 aromatic heterocycles. The van der Waals surface area contributed by atoms with Gasteiger partial charge in [-0.25, -0.2) is 9.97 Å². The van der Waals surface area contributed by atoms with Crippen LogP contribution in [0.5, 0.6) is 0 Å².